The highest BCUT2D eigenvalue weighted by molar-refractivity contribution is 7.12. The van der Waals surface area contributed by atoms with E-state index in [-0.39, 0.29) is 11.7 Å². The maximum atomic E-state index is 12.0. The van der Waals surface area contributed by atoms with E-state index < -0.39 is 0 Å². The molecule has 0 aliphatic heterocycles. The molecule has 0 radical (unpaired) electrons. The van der Waals surface area contributed by atoms with Crippen molar-refractivity contribution in [1.82, 2.24) is 4.90 Å². The van der Waals surface area contributed by atoms with E-state index in [2.05, 4.69) is 13.8 Å². The lowest BCUT2D eigenvalue weighted by Gasteiger charge is -2.21. The maximum absolute atomic E-state index is 12.0. The molecule has 3 nitrogen and oxygen atoms in total. The molecule has 0 aromatic carbocycles. The van der Waals surface area contributed by atoms with E-state index in [0.717, 1.165) is 30.8 Å². The zero-order valence-electron chi connectivity index (χ0n) is 11.9. The number of carbonyl (C=O) groups excluding carboxylic acids is 2. The van der Waals surface area contributed by atoms with Gasteiger partial charge in [-0.15, -0.1) is 11.3 Å². The second-order valence-electron chi connectivity index (χ2n) is 4.63. The Morgan fingerprint density at radius 1 is 1.16 bits per heavy atom. The fourth-order valence-electron chi connectivity index (χ4n) is 2.02. The number of amides is 1. The van der Waals surface area contributed by atoms with Crippen LogP contribution in [0.4, 0.5) is 0 Å². The summed E-state index contributed by atoms with van der Waals surface area (Å²) in [6, 6.07) is 3.72. The zero-order chi connectivity index (χ0) is 14.1. The first-order valence-corrected chi connectivity index (χ1v) is 7.91. The van der Waals surface area contributed by atoms with Crippen molar-refractivity contribution in [2.45, 2.75) is 46.0 Å². The molecule has 106 valence electrons. The summed E-state index contributed by atoms with van der Waals surface area (Å²) in [5.41, 5.74) is 0. The lowest BCUT2D eigenvalue weighted by atomic mass is 10.1. The van der Waals surface area contributed by atoms with Gasteiger partial charge in [-0.3, -0.25) is 9.59 Å². The van der Waals surface area contributed by atoms with Gasteiger partial charge >= 0.3 is 0 Å². The molecule has 0 aliphatic carbocycles. The molecule has 19 heavy (non-hydrogen) atoms. The van der Waals surface area contributed by atoms with Gasteiger partial charge in [-0.25, -0.2) is 0 Å². The number of carbonyl (C=O) groups is 2. The maximum Gasteiger partial charge on any atom is 0.222 e. The number of thiophene rings is 1. The molecule has 0 fully saturated rings. The van der Waals surface area contributed by atoms with Gasteiger partial charge in [0.15, 0.2) is 5.78 Å². The highest BCUT2D eigenvalue weighted by Crippen LogP contribution is 2.13. The summed E-state index contributed by atoms with van der Waals surface area (Å²) in [5.74, 6) is 0.336. The minimum atomic E-state index is 0.153. The molecule has 0 atom stereocenters. The molecule has 1 heterocycles. The van der Waals surface area contributed by atoms with E-state index >= 15 is 0 Å². The summed E-state index contributed by atoms with van der Waals surface area (Å²) in [7, 11) is 0. The van der Waals surface area contributed by atoms with Gasteiger partial charge in [0.25, 0.3) is 0 Å². The SMILES string of the molecule is CCCN(CCC)C(=O)CCCC(=O)c1cccs1. The number of hydrogen-bond donors (Lipinski definition) is 0. The molecular weight excluding hydrogens is 258 g/mol. The van der Waals surface area contributed by atoms with Crippen molar-refractivity contribution >= 4 is 23.0 Å². The zero-order valence-corrected chi connectivity index (χ0v) is 12.7. The molecule has 0 N–H and O–H groups in total. The second kappa shape index (κ2) is 8.86. The number of rotatable bonds is 9. The van der Waals surface area contributed by atoms with Gasteiger partial charge in [-0.05, 0) is 30.7 Å². The molecule has 1 amide bonds. The van der Waals surface area contributed by atoms with Crippen LogP contribution >= 0.6 is 11.3 Å². The third kappa shape index (κ3) is 5.55. The van der Waals surface area contributed by atoms with E-state index in [9.17, 15) is 9.59 Å². The fourth-order valence-corrected chi connectivity index (χ4v) is 2.71. The summed E-state index contributed by atoms with van der Waals surface area (Å²) in [6.07, 6.45) is 3.58. The van der Waals surface area contributed by atoms with Crippen LogP contribution in [0.3, 0.4) is 0 Å². The van der Waals surface area contributed by atoms with E-state index in [1.54, 1.807) is 0 Å². The Morgan fingerprint density at radius 2 is 1.84 bits per heavy atom. The normalized spacial score (nSPS) is 10.4. The summed E-state index contributed by atoms with van der Waals surface area (Å²) >= 11 is 1.47. The lowest BCUT2D eigenvalue weighted by Crippen LogP contribution is -2.32. The van der Waals surface area contributed by atoms with Gasteiger partial charge < -0.3 is 4.90 Å². The van der Waals surface area contributed by atoms with Gasteiger partial charge in [0.05, 0.1) is 4.88 Å². The fraction of sp³-hybridized carbons (Fsp3) is 0.600. The molecular formula is C15H23NO2S. The Bertz CT molecular complexity index is 381. The second-order valence-corrected chi connectivity index (χ2v) is 5.58. The number of hydrogen-bond acceptors (Lipinski definition) is 3. The van der Waals surface area contributed by atoms with Gasteiger partial charge in [-0.2, -0.15) is 0 Å². The first kappa shape index (κ1) is 15.9. The Kier molecular flexibility index (Phi) is 7.41. The molecule has 0 unspecified atom stereocenters. The number of nitrogens with zero attached hydrogens (tertiary/aromatic N) is 1. The van der Waals surface area contributed by atoms with Crippen LogP contribution in [0.1, 0.15) is 55.6 Å². The van der Waals surface area contributed by atoms with Crippen molar-refractivity contribution in [3.8, 4) is 0 Å². The van der Waals surface area contributed by atoms with Crippen molar-refractivity contribution in [3.05, 3.63) is 22.4 Å². The largest absolute Gasteiger partial charge is 0.343 e. The number of ketones is 1. The average Bonchev–Trinajstić information content (AvgIpc) is 2.92. The van der Waals surface area contributed by atoms with E-state index in [1.165, 1.54) is 11.3 Å². The van der Waals surface area contributed by atoms with Gasteiger partial charge in [0.1, 0.15) is 0 Å². The predicted octanol–water partition coefficient (Wildman–Crippen LogP) is 3.75. The summed E-state index contributed by atoms with van der Waals surface area (Å²) < 4.78 is 0. The van der Waals surface area contributed by atoms with Crippen LogP contribution < -0.4 is 0 Å². The van der Waals surface area contributed by atoms with Crippen LogP contribution in [0.2, 0.25) is 0 Å². The highest BCUT2D eigenvalue weighted by atomic mass is 32.1. The van der Waals surface area contributed by atoms with Crippen molar-refractivity contribution in [2.75, 3.05) is 13.1 Å². The standard InChI is InChI=1S/C15H23NO2S/c1-3-10-16(11-4-2)15(18)9-5-7-13(17)14-8-6-12-19-14/h6,8,12H,3-5,7,9-11H2,1-2H3. The molecule has 0 saturated carbocycles. The first-order valence-electron chi connectivity index (χ1n) is 7.03. The molecule has 1 aromatic rings. The van der Waals surface area contributed by atoms with Crippen LogP contribution in [0.15, 0.2) is 17.5 Å². The molecule has 0 aliphatic rings. The summed E-state index contributed by atoms with van der Waals surface area (Å²) in [6.45, 7) is 5.81. The molecule has 0 bridgehead atoms. The van der Waals surface area contributed by atoms with Crippen LogP contribution in [0.5, 0.6) is 0 Å². The smallest absolute Gasteiger partial charge is 0.222 e. The monoisotopic (exact) mass is 281 g/mol. The van der Waals surface area contributed by atoms with Crippen molar-refractivity contribution in [1.29, 1.82) is 0 Å². The quantitative estimate of drug-likeness (QED) is 0.646. The molecule has 1 aromatic heterocycles. The third-order valence-electron chi connectivity index (χ3n) is 2.93. The van der Waals surface area contributed by atoms with Crippen LogP contribution in [-0.2, 0) is 4.79 Å². The van der Waals surface area contributed by atoms with Gasteiger partial charge in [0.2, 0.25) is 5.91 Å². The predicted molar refractivity (Wildman–Crippen MR) is 79.7 cm³/mol. The van der Waals surface area contributed by atoms with Crippen molar-refractivity contribution in [2.24, 2.45) is 0 Å². The molecule has 0 saturated heterocycles. The lowest BCUT2D eigenvalue weighted by molar-refractivity contribution is -0.131. The Balaban J connectivity index is 2.31. The Labute approximate surface area is 119 Å². The summed E-state index contributed by atoms with van der Waals surface area (Å²) in [4.78, 5) is 26.5. The van der Waals surface area contributed by atoms with Crippen molar-refractivity contribution in [3.63, 3.8) is 0 Å². The Morgan fingerprint density at radius 3 is 2.37 bits per heavy atom. The minimum Gasteiger partial charge on any atom is -0.343 e. The first-order chi connectivity index (χ1) is 9.19. The van der Waals surface area contributed by atoms with E-state index in [0.29, 0.717) is 19.3 Å². The topological polar surface area (TPSA) is 37.4 Å². The third-order valence-corrected chi connectivity index (χ3v) is 3.84. The highest BCUT2D eigenvalue weighted by Gasteiger charge is 2.13. The summed E-state index contributed by atoms with van der Waals surface area (Å²) in [5, 5.41) is 1.91. The van der Waals surface area contributed by atoms with Crippen LogP contribution in [0, 0.1) is 0 Å². The average molecular weight is 281 g/mol. The molecule has 4 heteroatoms. The van der Waals surface area contributed by atoms with Crippen LogP contribution in [0.25, 0.3) is 0 Å². The van der Waals surface area contributed by atoms with Crippen LogP contribution in [-0.4, -0.2) is 29.7 Å². The Hall–Kier alpha value is -1.16. The van der Waals surface area contributed by atoms with Crippen molar-refractivity contribution < 1.29 is 9.59 Å². The molecule has 1 rings (SSSR count). The van der Waals surface area contributed by atoms with E-state index in [1.807, 2.05) is 22.4 Å². The molecule has 0 spiro atoms. The van der Waals surface area contributed by atoms with E-state index in [4.69, 9.17) is 0 Å². The van der Waals surface area contributed by atoms with Gasteiger partial charge in [-0.1, -0.05) is 19.9 Å². The minimum absolute atomic E-state index is 0.153. The number of Topliss-reactive ketones (excluding diaryl/α,β-unsaturated/α-hetero) is 1. The van der Waals surface area contributed by atoms with Gasteiger partial charge in [0, 0.05) is 25.9 Å².